The molecule has 0 unspecified atom stereocenters. The summed E-state index contributed by atoms with van der Waals surface area (Å²) in [7, 11) is 0. The van der Waals surface area contributed by atoms with Gasteiger partial charge in [0.05, 0.1) is 0 Å². The summed E-state index contributed by atoms with van der Waals surface area (Å²) >= 11 is 0. The van der Waals surface area contributed by atoms with Crippen molar-refractivity contribution in [3.8, 4) is 22.3 Å². The maximum Gasteiger partial charge on any atom is 0.275 e. The van der Waals surface area contributed by atoms with Gasteiger partial charge in [0.1, 0.15) is 0 Å². The fourth-order valence-corrected chi connectivity index (χ4v) is 3.28. The first-order valence-corrected chi connectivity index (χ1v) is 9.31. The summed E-state index contributed by atoms with van der Waals surface area (Å²) in [6, 6.07) is 33.5. The van der Waals surface area contributed by atoms with Crippen LogP contribution in [0.2, 0.25) is 0 Å². The second-order valence-electron chi connectivity index (χ2n) is 6.64. The average molecular weight is 380 g/mol. The Morgan fingerprint density at radius 2 is 1.17 bits per heavy atom. The van der Waals surface area contributed by atoms with Gasteiger partial charge in [-0.05, 0) is 52.6 Å². The lowest BCUT2D eigenvalue weighted by Crippen LogP contribution is -2.19. The van der Waals surface area contributed by atoms with Crippen molar-refractivity contribution in [2.45, 2.75) is 0 Å². The first kappa shape index (κ1) is 18.5. The van der Waals surface area contributed by atoms with Crippen molar-refractivity contribution in [2.24, 2.45) is 0 Å². The number of anilines is 2. The molecule has 4 rings (SSSR count). The van der Waals surface area contributed by atoms with Gasteiger partial charge in [0.15, 0.2) is 0 Å². The van der Waals surface area contributed by atoms with Crippen molar-refractivity contribution in [3.63, 3.8) is 0 Å². The lowest BCUT2D eigenvalue weighted by atomic mass is 9.98. The van der Waals surface area contributed by atoms with Gasteiger partial charge in [-0.1, -0.05) is 72.8 Å². The third-order valence-electron chi connectivity index (χ3n) is 4.73. The maximum atomic E-state index is 12.1. The van der Waals surface area contributed by atoms with Gasteiger partial charge in [-0.25, -0.2) is 5.48 Å². The summed E-state index contributed by atoms with van der Waals surface area (Å²) in [5, 5.41) is 12.5. The summed E-state index contributed by atoms with van der Waals surface area (Å²) in [4.78, 5) is 12.1. The van der Waals surface area contributed by atoms with Gasteiger partial charge in [-0.2, -0.15) is 0 Å². The summed E-state index contributed by atoms with van der Waals surface area (Å²) in [5.74, 6) is -0.539. The molecule has 3 N–H and O–H groups in total. The lowest BCUT2D eigenvalue weighted by molar-refractivity contribution is 0.0707. The Hall–Kier alpha value is -3.89. The molecular formula is C25H20N2O2. The highest BCUT2D eigenvalue weighted by Crippen LogP contribution is 2.29. The quantitative estimate of drug-likeness (QED) is 0.299. The van der Waals surface area contributed by atoms with Gasteiger partial charge in [0.25, 0.3) is 5.91 Å². The minimum Gasteiger partial charge on any atom is -0.356 e. The summed E-state index contributed by atoms with van der Waals surface area (Å²) in [6.45, 7) is 0. The van der Waals surface area contributed by atoms with Crippen molar-refractivity contribution < 1.29 is 10.0 Å². The Morgan fingerprint density at radius 1 is 0.621 bits per heavy atom. The Labute approximate surface area is 169 Å². The summed E-state index contributed by atoms with van der Waals surface area (Å²) in [6.07, 6.45) is 0. The van der Waals surface area contributed by atoms with Crippen LogP contribution in [-0.2, 0) is 0 Å². The molecule has 4 aromatic rings. The molecule has 0 saturated carbocycles. The predicted octanol–water partition coefficient (Wildman–Crippen LogP) is 5.88. The standard InChI is InChI=1S/C25H20N2O2/c28-25(27-29)23-16-15-22(17-24(23)20-9-5-2-6-10-20)26-21-13-11-19(12-14-21)18-7-3-1-4-8-18/h1-17,26,29H,(H,27,28). The zero-order valence-corrected chi connectivity index (χ0v) is 15.7. The van der Waals surface area contributed by atoms with Crippen molar-refractivity contribution in [2.75, 3.05) is 5.32 Å². The van der Waals surface area contributed by atoms with E-state index in [-0.39, 0.29) is 0 Å². The van der Waals surface area contributed by atoms with Crippen LogP contribution in [0.25, 0.3) is 22.3 Å². The Balaban J connectivity index is 1.63. The normalized spacial score (nSPS) is 10.4. The van der Waals surface area contributed by atoms with Crippen molar-refractivity contribution >= 4 is 17.3 Å². The molecule has 0 aliphatic heterocycles. The first-order chi connectivity index (χ1) is 14.2. The molecule has 29 heavy (non-hydrogen) atoms. The van der Waals surface area contributed by atoms with E-state index in [2.05, 4.69) is 29.6 Å². The highest BCUT2D eigenvalue weighted by Gasteiger charge is 2.13. The Morgan fingerprint density at radius 3 is 1.79 bits per heavy atom. The first-order valence-electron chi connectivity index (χ1n) is 9.31. The number of carbonyl (C=O) groups excluding carboxylic acids is 1. The molecule has 0 heterocycles. The number of carbonyl (C=O) groups is 1. The molecule has 0 atom stereocenters. The largest absolute Gasteiger partial charge is 0.356 e. The fraction of sp³-hybridized carbons (Fsp3) is 0. The smallest absolute Gasteiger partial charge is 0.275 e. The number of nitrogens with one attached hydrogen (secondary N) is 2. The molecule has 4 heteroatoms. The average Bonchev–Trinajstić information content (AvgIpc) is 2.80. The van der Waals surface area contributed by atoms with Crippen molar-refractivity contribution in [1.82, 2.24) is 5.48 Å². The van der Waals surface area contributed by atoms with Crippen LogP contribution in [0.1, 0.15) is 10.4 Å². The van der Waals surface area contributed by atoms with Crippen LogP contribution < -0.4 is 10.8 Å². The zero-order chi connectivity index (χ0) is 20.1. The van der Waals surface area contributed by atoms with Crippen molar-refractivity contribution in [3.05, 3.63) is 109 Å². The molecule has 1 amide bonds. The van der Waals surface area contributed by atoms with Gasteiger partial charge in [-0.15, -0.1) is 0 Å². The zero-order valence-electron chi connectivity index (χ0n) is 15.7. The monoisotopic (exact) mass is 380 g/mol. The van der Waals surface area contributed by atoms with Crippen LogP contribution in [0.5, 0.6) is 0 Å². The van der Waals surface area contributed by atoms with Crippen LogP contribution >= 0.6 is 0 Å². The number of hydrogen-bond acceptors (Lipinski definition) is 3. The molecule has 0 spiro atoms. The van der Waals surface area contributed by atoms with Gasteiger partial charge in [0.2, 0.25) is 0 Å². The molecule has 0 saturated heterocycles. The predicted molar refractivity (Wildman–Crippen MR) is 116 cm³/mol. The number of rotatable bonds is 5. The molecule has 0 aromatic heterocycles. The minimum absolute atomic E-state index is 0.406. The molecule has 142 valence electrons. The van der Waals surface area contributed by atoms with Gasteiger partial charge >= 0.3 is 0 Å². The van der Waals surface area contributed by atoms with E-state index in [1.165, 1.54) is 5.56 Å². The number of amides is 1. The van der Waals surface area contributed by atoms with Gasteiger partial charge in [-0.3, -0.25) is 10.0 Å². The molecular weight excluding hydrogens is 360 g/mol. The van der Waals surface area contributed by atoms with Gasteiger partial charge < -0.3 is 5.32 Å². The Kier molecular flexibility index (Phi) is 5.36. The lowest BCUT2D eigenvalue weighted by Gasteiger charge is -2.13. The number of hydroxylamine groups is 1. The number of hydrogen-bond donors (Lipinski definition) is 3. The molecule has 0 radical (unpaired) electrons. The van der Waals surface area contributed by atoms with E-state index < -0.39 is 5.91 Å². The maximum absolute atomic E-state index is 12.1. The second kappa shape index (κ2) is 8.42. The molecule has 0 aliphatic rings. The highest BCUT2D eigenvalue weighted by atomic mass is 16.5. The summed E-state index contributed by atoms with van der Waals surface area (Å²) in [5.41, 5.74) is 7.89. The van der Waals surface area contributed by atoms with Gasteiger partial charge in [0, 0.05) is 16.9 Å². The Bertz CT molecular complexity index is 1110. The van der Waals surface area contributed by atoms with E-state index in [9.17, 15) is 4.79 Å². The molecule has 0 aliphatic carbocycles. The second-order valence-corrected chi connectivity index (χ2v) is 6.64. The molecule has 4 nitrogen and oxygen atoms in total. The van der Waals surface area contributed by atoms with Crippen molar-refractivity contribution in [1.29, 1.82) is 0 Å². The van der Waals surface area contributed by atoms with E-state index in [4.69, 9.17) is 5.21 Å². The van der Waals surface area contributed by atoms with Crippen LogP contribution in [-0.4, -0.2) is 11.1 Å². The molecule has 4 aromatic carbocycles. The van der Waals surface area contributed by atoms with Crippen LogP contribution in [0.15, 0.2) is 103 Å². The third kappa shape index (κ3) is 4.18. The highest BCUT2D eigenvalue weighted by molar-refractivity contribution is 6.01. The molecule has 0 bridgehead atoms. The van der Waals surface area contributed by atoms with E-state index >= 15 is 0 Å². The molecule has 0 fully saturated rings. The van der Waals surface area contributed by atoms with Crippen LogP contribution in [0, 0.1) is 0 Å². The number of benzene rings is 4. The van der Waals surface area contributed by atoms with E-state index in [1.54, 1.807) is 11.5 Å². The van der Waals surface area contributed by atoms with E-state index in [0.717, 1.165) is 28.1 Å². The van der Waals surface area contributed by atoms with E-state index in [1.807, 2.05) is 72.8 Å². The van der Waals surface area contributed by atoms with Crippen LogP contribution in [0.4, 0.5) is 11.4 Å². The summed E-state index contributed by atoms with van der Waals surface area (Å²) < 4.78 is 0. The van der Waals surface area contributed by atoms with Crippen LogP contribution in [0.3, 0.4) is 0 Å². The third-order valence-corrected chi connectivity index (χ3v) is 4.73. The van der Waals surface area contributed by atoms with E-state index in [0.29, 0.717) is 5.56 Å². The fourth-order valence-electron chi connectivity index (χ4n) is 3.28. The SMILES string of the molecule is O=C(NO)c1ccc(Nc2ccc(-c3ccccc3)cc2)cc1-c1ccccc1. The minimum atomic E-state index is -0.539. The topological polar surface area (TPSA) is 61.4 Å².